The van der Waals surface area contributed by atoms with Gasteiger partial charge in [-0.25, -0.2) is 0 Å². The molecule has 0 radical (unpaired) electrons. The first kappa shape index (κ1) is 20.5. The molecule has 0 aliphatic carbocycles. The van der Waals surface area contributed by atoms with E-state index in [-0.39, 0.29) is 11.8 Å². The minimum atomic E-state index is -0.371. The van der Waals surface area contributed by atoms with E-state index in [4.69, 9.17) is 21.1 Å². The number of methoxy groups -OCH3 is 2. The molecule has 2 amide bonds. The Labute approximate surface area is 183 Å². The number of hydrogen-bond donors (Lipinski definition) is 1. The van der Waals surface area contributed by atoms with Gasteiger partial charge >= 0.3 is 0 Å². The number of amides is 2. The predicted octanol–water partition coefficient (Wildman–Crippen LogP) is 5.06. The summed E-state index contributed by atoms with van der Waals surface area (Å²) >= 11 is 7.77. The zero-order chi connectivity index (χ0) is 21.3. The third-order valence-corrected chi connectivity index (χ3v) is 6.81. The Morgan fingerprint density at radius 3 is 2.40 bits per heavy atom. The van der Waals surface area contributed by atoms with E-state index in [1.807, 2.05) is 24.3 Å². The molecule has 0 spiro atoms. The molecule has 1 aliphatic heterocycles. The van der Waals surface area contributed by atoms with Gasteiger partial charge in [0.15, 0.2) is 11.5 Å². The van der Waals surface area contributed by atoms with Crippen molar-refractivity contribution in [1.82, 2.24) is 4.90 Å². The number of benzene rings is 2. The van der Waals surface area contributed by atoms with Crippen molar-refractivity contribution >= 4 is 50.5 Å². The van der Waals surface area contributed by atoms with E-state index in [0.29, 0.717) is 45.7 Å². The number of rotatable bonds is 5. The Morgan fingerprint density at radius 1 is 1.07 bits per heavy atom. The highest BCUT2D eigenvalue weighted by atomic mass is 35.5. The Hall–Kier alpha value is -2.77. The number of anilines is 1. The number of nitrogens with one attached hydrogen (secondary N) is 1. The number of likely N-dealkylation sites (tertiary alicyclic amines) is 1. The SMILES string of the molecule is COc1cc(NC(=O)c2sc3ccccc3c2Cl)c(C(=O)N2CCCC2)cc1OC. The molecule has 1 fully saturated rings. The quantitative estimate of drug-likeness (QED) is 0.597. The molecule has 0 bridgehead atoms. The molecule has 3 aromatic rings. The fourth-order valence-electron chi connectivity index (χ4n) is 3.59. The van der Waals surface area contributed by atoms with Crippen molar-refractivity contribution in [1.29, 1.82) is 0 Å². The smallest absolute Gasteiger partial charge is 0.267 e. The van der Waals surface area contributed by atoms with Crippen molar-refractivity contribution in [3.05, 3.63) is 51.9 Å². The van der Waals surface area contributed by atoms with E-state index in [9.17, 15) is 9.59 Å². The fraction of sp³-hybridized carbons (Fsp3) is 0.273. The number of halogens is 1. The van der Waals surface area contributed by atoms with Crippen LogP contribution in [0, 0.1) is 0 Å². The van der Waals surface area contributed by atoms with Crippen LogP contribution < -0.4 is 14.8 Å². The van der Waals surface area contributed by atoms with Crippen LogP contribution in [-0.2, 0) is 0 Å². The minimum Gasteiger partial charge on any atom is -0.493 e. The first-order valence-electron chi connectivity index (χ1n) is 9.57. The standard InChI is InChI=1S/C22H21ClN2O4S/c1-28-16-11-14(22(27)25-9-5-6-10-25)15(12-17(16)29-2)24-21(26)20-19(23)13-7-3-4-8-18(13)30-20/h3-4,7-8,11-12H,5-6,9-10H2,1-2H3,(H,24,26). The summed E-state index contributed by atoms with van der Waals surface area (Å²) in [6, 6.07) is 10.8. The van der Waals surface area contributed by atoms with Crippen molar-refractivity contribution in [3.63, 3.8) is 0 Å². The molecule has 0 atom stereocenters. The summed E-state index contributed by atoms with van der Waals surface area (Å²) in [6.07, 6.45) is 1.94. The summed E-state index contributed by atoms with van der Waals surface area (Å²) in [6.45, 7) is 1.39. The van der Waals surface area contributed by atoms with Gasteiger partial charge in [0, 0.05) is 29.2 Å². The highest BCUT2D eigenvalue weighted by molar-refractivity contribution is 7.21. The van der Waals surface area contributed by atoms with Gasteiger partial charge in [0.1, 0.15) is 4.88 Å². The molecule has 1 saturated heterocycles. The second-order valence-electron chi connectivity index (χ2n) is 6.95. The van der Waals surface area contributed by atoms with E-state index in [2.05, 4.69) is 5.32 Å². The average Bonchev–Trinajstić information content (AvgIpc) is 3.41. The molecule has 1 aromatic heterocycles. The molecule has 156 valence electrons. The molecule has 0 unspecified atom stereocenters. The maximum atomic E-state index is 13.1. The van der Waals surface area contributed by atoms with Crippen LogP contribution in [0.4, 0.5) is 5.69 Å². The number of fused-ring (bicyclic) bond motifs is 1. The number of hydrogen-bond acceptors (Lipinski definition) is 5. The van der Waals surface area contributed by atoms with Crippen LogP contribution in [0.15, 0.2) is 36.4 Å². The lowest BCUT2D eigenvalue weighted by Gasteiger charge is -2.20. The van der Waals surface area contributed by atoms with E-state index < -0.39 is 0 Å². The van der Waals surface area contributed by atoms with Crippen LogP contribution in [-0.4, -0.2) is 44.0 Å². The van der Waals surface area contributed by atoms with Gasteiger partial charge in [0.05, 0.1) is 30.5 Å². The molecular weight excluding hydrogens is 424 g/mol. The maximum Gasteiger partial charge on any atom is 0.267 e. The van der Waals surface area contributed by atoms with Crippen LogP contribution in [0.1, 0.15) is 32.9 Å². The molecule has 6 nitrogen and oxygen atoms in total. The molecule has 0 saturated carbocycles. The van der Waals surface area contributed by atoms with Gasteiger partial charge in [-0.2, -0.15) is 0 Å². The van der Waals surface area contributed by atoms with Crippen LogP contribution in [0.3, 0.4) is 0 Å². The normalized spacial score (nSPS) is 13.5. The predicted molar refractivity (Wildman–Crippen MR) is 119 cm³/mol. The Morgan fingerprint density at radius 2 is 1.73 bits per heavy atom. The van der Waals surface area contributed by atoms with Gasteiger partial charge in [-0.3, -0.25) is 9.59 Å². The summed E-state index contributed by atoms with van der Waals surface area (Å²) in [7, 11) is 3.02. The Balaban J connectivity index is 1.73. The zero-order valence-electron chi connectivity index (χ0n) is 16.7. The van der Waals surface area contributed by atoms with Crippen molar-refractivity contribution in [2.75, 3.05) is 32.6 Å². The maximum absolute atomic E-state index is 13.1. The molecular formula is C22H21ClN2O4S. The van der Waals surface area contributed by atoms with E-state index in [0.717, 1.165) is 22.9 Å². The molecule has 4 rings (SSSR count). The third-order valence-electron chi connectivity index (χ3n) is 5.14. The molecule has 2 heterocycles. The number of ether oxygens (including phenoxy) is 2. The van der Waals surface area contributed by atoms with Crippen LogP contribution in [0.25, 0.3) is 10.1 Å². The van der Waals surface area contributed by atoms with Crippen LogP contribution in [0.5, 0.6) is 11.5 Å². The van der Waals surface area contributed by atoms with Gasteiger partial charge < -0.3 is 19.7 Å². The lowest BCUT2D eigenvalue weighted by Crippen LogP contribution is -2.29. The molecule has 1 aliphatic rings. The van der Waals surface area contributed by atoms with Crippen molar-refractivity contribution in [2.45, 2.75) is 12.8 Å². The van der Waals surface area contributed by atoms with Crippen molar-refractivity contribution < 1.29 is 19.1 Å². The Kier molecular flexibility index (Phi) is 5.83. The highest BCUT2D eigenvalue weighted by Crippen LogP contribution is 2.38. The highest BCUT2D eigenvalue weighted by Gasteiger charge is 2.26. The average molecular weight is 445 g/mol. The van der Waals surface area contributed by atoms with Gasteiger partial charge in [-0.05, 0) is 25.0 Å². The third kappa shape index (κ3) is 3.70. The number of thiophene rings is 1. The van der Waals surface area contributed by atoms with E-state index >= 15 is 0 Å². The van der Waals surface area contributed by atoms with Crippen LogP contribution in [0.2, 0.25) is 5.02 Å². The van der Waals surface area contributed by atoms with Crippen molar-refractivity contribution in [2.24, 2.45) is 0 Å². The van der Waals surface area contributed by atoms with E-state index in [1.165, 1.54) is 25.6 Å². The summed E-state index contributed by atoms with van der Waals surface area (Å²) in [5, 5.41) is 4.10. The Bertz CT molecular complexity index is 1120. The minimum absolute atomic E-state index is 0.147. The lowest BCUT2D eigenvalue weighted by molar-refractivity contribution is 0.0793. The summed E-state index contributed by atoms with van der Waals surface area (Å²) in [5.41, 5.74) is 0.725. The number of nitrogens with zero attached hydrogens (tertiary/aromatic N) is 1. The molecule has 8 heteroatoms. The second-order valence-corrected chi connectivity index (χ2v) is 8.38. The molecule has 2 aromatic carbocycles. The molecule has 1 N–H and O–H groups in total. The fourth-order valence-corrected chi connectivity index (χ4v) is 5.00. The summed E-state index contributed by atoms with van der Waals surface area (Å²) < 4.78 is 11.7. The monoisotopic (exact) mass is 444 g/mol. The first-order chi connectivity index (χ1) is 14.5. The largest absolute Gasteiger partial charge is 0.493 e. The number of carbonyl (C=O) groups is 2. The second kappa shape index (κ2) is 8.53. The first-order valence-corrected chi connectivity index (χ1v) is 10.8. The zero-order valence-corrected chi connectivity index (χ0v) is 18.2. The van der Waals surface area contributed by atoms with Crippen LogP contribution >= 0.6 is 22.9 Å². The van der Waals surface area contributed by atoms with Gasteiger partial charge in [-0.15, -0.1) is 11.3 Å². The summed E-state index contributed by atoms with van der Waals surface area (Å²) in [4.78, 5) is 28.4. The van der Waals surface area contributed by atoms with E-state index in [1.54, 1.807) is 17.0 Å². The number of carbonyl (C=O) groups excluding carboxylic acids is 2. The van der Waals surface area contributed by atoms with Gasteiger partial charge in [-0.1, -0.05) is 29.8 Å². The molecule has 30 heavy (non-hydrogen) atoms. The topological polar surface area (TPSA) is 67.9 Å². The summed E-state index contributed by atoms with van der Waals surface area (Å²) in [5.74, 6) is 0.334. The van der Waals surface area contributed by atoms with Gasteiger partial charge in [0.2, 0.25) is 0 Å². The van der Waals surface area contributed by atoms with Gasteiger partial charge in [0.25, 0.3) is 11.8 Å². The lowest BCUT2D eigenvalue weighted by atomic mass is 10.1. The van der Waals surface area contributed by atoms with Crippen molar-refractivity contribution in [3.8, 4) is 11.5 Å².